The van der Waals surface area contributed by atoms with Crippen LogP contribution in [0, 0.1) is 0 Å². The van der Waals surface area contributed by atoms with E-state index in [2.05, 4.69) is 23.1 Å². The molecule has 4 rings (SSSR count). The van der Waals surface area contributed by atoms with Crippen molar-refractivity contribution >= 4 is 9.84 Å². The fraction of sp³-hybridized carbons (Fsp3) is 0.429. The molecular formula is C21H25NO4S. The van der Waals surface area contributed by atoms with Gasteiger partial charge in [-0.25, -0.2) is 8.42 Å². The Kier molecular flexibility index (Phi) is 5.21. The van der Waals surface area contributed by atoms with E-state index in [0.29, 0.717) is 5.75 Å². The number of nitrogens with zero attached hydrogens (tertiary/aromatic N) is 1. The summed E-state index contributed by atoms with van der Waals surface area (Å²) in [6.07, 6.45) is 3.02. The van der Waals surface area contributed by atoms with Crippen LogP contribution in [0.4, 0.5) is 0 Å². The second-order valence-electron chi connectivity index (χ2n) is 7.21. The molecule has 0 spiro atoms. The summed E-state index contributed by atoms with van der Waals surface area (Å²) in [4.78, 5) is 2.67. The van der Waals surface area contributed by atoms with Crippen LogP contribution in [0.1, 0.15) is 23.7 Å². The maximum absolute atomic E-state index is 12.2. The van der Waals surface area contributed by atoms with Gasteiger partial charge in [0, 0.05) is 19.3 Å². The van der Waals surface area contributed by atoms with Crippen LogP contribution in [0.5, 0.6) is 5.75 Å². The van der Waals surface area contributed by atoms with E-state index in [1.165, 1.54) is 11.8 Å². The van der Waals surface area contributed by atoms with Crippen LogP contribution in [0.2, 0.25) is 0 Å². The van der Waals surface area contributed by atoms with Crippen LogP contribution in [0.3, 0.4) is 0 Å². The van der Waals surface area contributed by atoms with Crippen molar-refractivity contribution in [3.63, 3.8) is 0 Å². The van der Waals surface area contributed by atoms with Crippen molar-refractivity contribution in [2.24, 2.45) is 0 Å². The maximum Gasteiger partial charge on any atom is 0.179 e. The van der Waals surface area contributed by atoms with Crippen LogP contribution in [0.25, 0.3) is 0 Å². The van der Waals surface area contributed by atoms with E-state index in [-0.39, 0.29) is 17.0 Å². The molecule has 0 radical (unpaired) electrons. The van der Waals surface area contributed by atoms with E-state index in [9.17, 15) is 8.42 Å². The SMILES string of the molecule is CS(=O)(=O)c1ccccc1O[C@H]1c2ccccc2CC[C@@H]1N1CCOCC1. The normalized spacial score (nSPS) is 23.6. The number of sulfone groups is 1. The molecule has 2 atom stereocenters. The number of hydrogen-bond donors (Lipinski definition) is 0. The molecule has 6 heteroatoms. The summed E-state index contributed by atoms with van der Waals surface area (Å²) >= 11 is 0. The van der Waals surface area contributed by atoms with Crippen LogP contribution < -0.4 is 4.74 Å². The molecule has 1 aliphatic heterocycles. The highest BCUT2D eigenvalue weighted by atomic mass is 32.2. The molecule has 2 aliphatic rings. The first kappa shape index (κ1) is 18.5. The van der Waals surface area contributed by atoms with E-state index in [1.807, 2.05) is 12.1 Å². The van der Waals surface area contributed by atoms with Gasteiger partial charge in [0.15, 0.2) is 9.84 Å². The van der Waals surface area contributed by atoms with Gasteiger partial charge in [0.1, 0.15) is 16.7 Å². The number of para-hydroxylation sites is 1. The van der Waals surface area contributed by atoms with Crippen molar-refractivity contribution < 1.29 is 17.9 Å². The molecule has 1 fully saturated rings. The number of benzene rings is 2. The topological polar surface area (TPSA) is 55.8 Å². The highest BCUT2D eigenvalue weighted by molar-refractivity contribution is 7.90. The summed E-state index contributed by atoms with van der Waals surface area (Å²) in [6.45, 7) is 3.20. The number of aryl methyl sites for hydroxylation is 1. The molecule has 1 heterocycles. The van der Waals surface area contributed by atoms with Crippen LogP contribution in [-0.2, 0) is 21.0 Å². The second-order valence-corrected chi connectivity index (χ2v) is 9.19. The molecule has 1 saturated heterocycles. The first-order chi connectivity index (χ1) is 13.0. The zero-order chi connectivity index (χ0) is 18.9. The fourth-order valence-corrected chi connectivity index (χ4v) is 4.92. The van der Waals surface area contributed by atoms with Crippen molar-refractivity contribution in [3.8, 4) is 5.75 Å². The Hall–Kier alpha value is -1.89. The summed E-state index contributed by atoms with van der Waals surface area (Å²) in [5.74, 6) is 0.431. The molecule has 0 aromatic heterocycles. The van der Waals surface area contributed by atoms with Crippen molar-refractivity contribution in [3.05, 3.63) is 59.7 Å². The minimum absolute atomic E-state index is 0.198. The van der Waals surface area contributed by atoms with Gasteiger partial charge in [-0.15, -0.1) is 0 Å². The third-order valence-electron chi connectivity index (χ3n) is 5.44. The first-order valence-corrected chi connectivity index (χ1v) is 11.3. The van der Waals surface area contributed by atoms with Crippen LogP contribution in [-0.4, -0.2) is 51.9 Å². The first-order valence-electron chi connectivity index (χ1n) is 9.39. The number of rotatable bonds is 4. The largest absolute Gasteiger partial charge is 0.483 e. The number of hydrogen-bond acceptors (Lipinski definition) is 5. The summed E-state index contributed by atoms with van der Waals surface area (Å²) in [6, 6.07) is 15.5. The highest BCUT2D eigenvalue weighted by Crippen LogP contribution is 2.38. The third-order valence-corrected chi connectivity index (χ3v) is 6.57. The number of ether oxygens (including phenoxy) is 2. The molecule has 27 heavy (non-hydrogen) atoms. The quantitative estimate of drug-likeness (QED) is 0.807. The van der Waals surface area contributed by atoms with Crippen LogP contribution >= 0.6 is 0 Å². The standard InChI is InChI=1S/C21H25NO4S/c1-27(23,24)20-9-5-4-8-19(20)26-21-17-7-3-2-6-16(17)10-11-18(21)22-12-14-25-15-13-22/h2-9,18,21H,10-15H2,1H3/t18-,21-/m0/s1. The lowest BCUT2D eigenvalue weighted by molar-refractivity contribution is -0.0220. The molecule has 2 aromatic rings. The van der Waals surface area contributed by atoms with Gasteiger partial charge in [0.2, 0.25) is 0 Å². The Morgan fingerprint density at radius 3 is 2.52 bits per heavy atom. The average molecular weight is 388 g/mol. The Morgan fingerprint density at radius 2 is 1.74 bits per heavy atom. The Bertz CT molecular complexity index is 906. The van der Waals surface area contributed by atoms with E-state index in [4.69, 9.17) is 9.47 Å². The van der Waals surface area contributed by atoms with E-state index in [1.54, 1.807) is 18.2 Å². The number of fused-ring (bicyclic) bond motifs is 1. The minimum atomic E-state index is -3.36. The maximum atomic E-state index is 12.2. The van der Waals surface area contributed by atoms with Gasteiger partial charge >= 0.3 is 0 Å². The summed E-state index contributed by atoms with van der Waals surface area (Å²) < 4.78 is 36.4. The van der Waals surface area contributed by atoms with Crippen molar-refractivity contribution in [2.45, 2.75) is 29.9 Å². The molecule has 1 aliphatic carbocycles. The minimum Gasteiger partial charge on any atom is -0.483 e. The van der Waals surface area contributed by atoms with E-state index < -0.39 is 9.84 Å². The molecular weight excluding hydrogens is 362 g/mol. The Balaban J connectivity index is 1.73. The average Bonchev–Trinajstić information content (AvgIpc) is 2.68. The van der Waals surface area contributed by atoms with Gasteiger partial charge in [-0.1, -0.05) is 36.4 Å². The van der Waals surface area contributed by atoms with Gasteiger partial charge in [-0.2, -0.15) is 0 Å². The zero-order valence-electron chi connectivity index (χ0n) is 15.5. The van der Waals surface area contributed by atoms with Gasteiger partial charge in [0.25, 0.3) is 0 Å². The van der Waals surface area contributed by atoms with Gasteiger partial charge in [0.05, 0.1) is 19.3 Å². The molecule has 0 amide bonds. The van der Waals surface area contributed by atoms with Crippen LogP contribution in [0.15, 0.2) is 53.4 Å². The van der Waals surface area contributed by atoms with Gasteiger partial charge in [-0.3, -0.25) is 4.90 Å². The van der Waals surface area contributed by atoms with E-state index in [0.717, 1.165) is 44.7 Å². The van der Waals surface area contributed by atoms with Crippen molar-refractivity contribution in [1.29, 1.82) is 0 Å². The molecule has 144 valence electrons. The molecule has 5 nitrogen and oxygen atoms in total. The molecule has 0 unspecified atom stereocenters. The lowest BCUT2D eigenvalue weighted by Crippen LogP contribution is -2.49. The predicted molar refractivity (Wildman–Crippen MR) is 104 cm³/mol. The second kappa shape index (κ2) is 7.62. The molecule has 0 saturated carbocycles. The zero-order valence-corrected chi connectivity index (χ0v) is 16.3. The molecule has 0 N–H and O–H groups in total. The molecule has 0 bridgehead atoms. The molecule has 2 aromatic carbocycles. The predicted octanol–water partition coefficient (Wildman–Crippen LogP) is 2.86. The monoisotopic (exact) mass is 387 g/mol. The lowest BCUT2D eigenvalue weighted by atomic mass is 9.84. The Morgan fingerprint density at radius 1 is 1.04 bits per heavy atom. The number of morpholine rings is 1. The van der Waals surface area contributed by atoms with Crippen molar-refractivity contribution in [2.75, 3.05) is 32.6 Å². The van der Waals surface area contributed by atoms with Crippen molar-refractivity contribution in [1.82, 2.24) is 4.90 Å². The summed E-state index contributed by atoms with van der Waals surface area (Å²) in [5.41, 5.74) is 2.44. The van der Waals surface area contributed by atoms with Gasteiger partial charge in [-0.05, 0) is 36.1 Å². The smallest absolute Gasteiger partial charge is 0.179 e. The third kappa shape index (κ3) is 3.88. The summed E-state index contributed by atoms with van der Waals surface area (Å²) in [7, 11) is -3.36. The van der Waals surface area contributed by atoms with E-state index >= 15 is 0 Å². The fourth-order valence-electron chi connectivity index (χ4n) is 4.12. The lowest BCUT2D eigenvalue weighted by Gasteiger charge is -2.42. The summed E-state index contributed by atoms with van der Waals surface area (Å²) in [5, 5.41) is 0. The Labute approximate surface area is 160 Å². The highest BCUT2D eigenvalue weighted by Gasteiger charge is 2.36. The van der Waals surface area contributed by atoms with Gasteiger partial charge < -0.3 is 9.47 Å².